The fourth-order valence-electron chi connectivity index (χ4n) is 0.378. The molecule has 0 aromatic heterocycles. The lowest BCUT2D eigenvalue weighted by molar-refractivity contribution is -0.117. The van der Waals surface area contributed by atoms with Crippen LogP contribution < -0.4 is 0 Å². The van der Waals surface area contributed by atoms with Crippen molar-refractivity contribution in [2.45, 2.75) is 0 Å². The van der Waals surface area contributed by atoms with Crippen molar-refractivity contribution in [3.63, 3.8) is 0 Å². The van der Waals surface area contributed by atoms with Gasteiger partial charge < -0.3 is 4.74 Å². The molecule has 0 aliphatic carbocycles. The molecule has 0 saturated carbocycles. The summed E-state index contributed by atoms with van der Waals surface area (Å²) in [6.45, 7) is 0. The number of methoxy groups -OCH3 is 1. The number of ether oxygens (including phenoxy) is 1. The second kappa shape index (κ2) is 1.73. The average molecular weight is 112 g/mol. The van der Waals surface area contributed by atoms with Crippen molar-refractivity contribution < 1.29 is 9.53 Å². The highest BCUT2D eigenvalue weighted by Gasteiger charge is 2.11. The molecule has 0 bridgehead atoms. The van der Waals surface area contributed by atoms with Gasteiger partial charge in [0.05, 0.1) is 13.3 Å². The van der Waals surface area contributed by atoms with Gasteiger partial charge in [-0.15, -0.1) is 5.11 Å². The van der Waals surface area contributed by atoms with Crippen LogP contribution in [0.3, 0.4) is 0 Å². The van der Waals surface area contributed by atoms with Gasteiger partial charge in [-0.1, -0.05) is 0 Å². The molecule has 1 aliphatic rings. The first-order valence-corrected chi connectivity index (χ1v) is 2.04. The van der Waals surface area contributed by atoms with Gasteiger partial charge in [-0.3, -0.25) is 4.79 Å². The van der Waals surface area contributed by atoms with Crippen LogP contribution in [0, 0.1) is 0 Å². The number of hydrogen-bond acceptors (Lipinski definition) is 3. The van der Waals surface area contributed by atoms with Gasteiger partial charge in [-0.2, -0.15) is 5.11 Å². The lowest BCUT2D eigenvalue weighted by atomic mass is 10.5. The van der Waals surface area contributed by atoms with Crippen molar-refractivity contribution in [3.8, 4) is 0 Å². The molecule has 0 aromatic rings. The molecule has 1 amide bonds. The van der Waals surface area contributed by atoms with E-state index in [2.05, 4.69) is 15.0 Å². The molecule has 8 heavy (non-hydrogen) atoms. The Kier molecular flexibility index (Phi) is 1.07. The van der Waals surface area contributed by atoms with Gasteiger partial charge in [0, 0.05) is 0 Å². The van der Waals surface area contributed by atoms with Gasteiger partial charge in [0.15, 0.2) is 0 Å². The predicted octanol–water partition coefficient (Wildman–Crippen LogP) is 0.467. The van der Waals surface area contributed by atoms with E-state index in [1.165, 1.54) is 13.3 Å². The highest BCUT2D eigenvalue weighted by atomic mass is 16.5. The van der Waals surface area contributed by atoms with Gasteiger partial charge in [0.2, 0.25) is 5.76 Å². The zero-order valence-electron chi connectivity index (χ0n) is 4.29. The SMILES string of the molecule is COC1=CN=NC1=O. The van der Waals surface area contributed by atoms with E-state index in [4.69, 9.17) is 0 Å². The number of rotatable bonds is 1. The lowest BCUT2D eigenvalue weighted by Gasteiger charge is -1.89. The average Bonchev–Trinajstić information content (AvgIpc) is 2.14. The van der Waals surface area contributed by atoms with Crippen molar-refractivity contribution in [1.82, 2.24) is 0 Å². The third-order valence-electron chi connectivity index (χ3n) is 0.754. The number of carbonyl (C=O) groups is 1. The Morgan fingerprint density at radius 1 is 1.75 bits per heavy atom. The second-order valence-corrected chi connectivity index (χ2v) is 1.22. The van der Waals surface area contributed by atoms with E-state index in [0.29, 0.717) is 0 Å². The summed E-state index contributed by atoms with van der Waals surface area (Å²) in [6, 6.07) is 0. The van der Waals surface area contributed by atoms with Gasteiger partial charge in [-0.05, 0) is 0 Å². The summed E-state index contributed by atoms with van der Waals surface area (Å²) in [5.41, 5.74) is 0. The first-order valence-electron chi connectivity index (χ1n) is 2.04. The van der Waals surface area contributed by atoms with Crippen molar-refractivity contribution in [3.05, 3.63) is 12.0 Å². The number of azo groups is 1. The van der Waals surface area contributed by atoms with Crippen LogP contribution >= 0.6 is 0 Å². The number of hydrogen-bond donors (Lipinski definition) is 0. The minimum atomic E-state index is -0.410. The highest BCUT2D eigenvalue weighted by Crippen LogP contribution is 2.05. The minimum absolute atomic E-state index is 0.199. The van der Waals surface area contributed by atoms with Crippen LogP contribution in [0.2, 0.25) is 0 Å². The summed E-state index contributed by atoms with van der Waals surface area (Å²) < 4.78 is 4.55. The molecule has 42 valence electrons. The number of carbonyl (C=O) groups excluding carboxylic acids is 1. The van der Waals surface area contributed by atoms with Crippen molar-refractivity contribution in [2.75, 3.05) is 7.11 Å². The maximum Gasteiger partial charge on any atom is 0.332 e. The van der Waals surface area contributed by atoms with Crippen LogP contribution in [0.25, 0.3) is 0 Å². The van der Waals surface area contributed by atoms with Crippen LogP contribution in [0.5, 0.6) is 0 Å². The summed E-state index contributed by atoms with van der Waals surface area (Å²) in [5, 5.41) is 6.46. The minimum Gasteiger partial charge on any atom is -0.490 e. The van der Waals surface area contributed by atoms with E-state index in [1.807, 2.05) is 0 Å². The summed E-state index contributed by atoms with van der Waals surface area (Å²) in [7, 11) is 1.40. The maximum atomic E-state index is 10.4. The molecule has 0 atom stereocenters. The normalized spacial score (nSPS) is 16.6. The van der Waals surface area contributed by atoms with Crippen molar-refractivity contribution in [2.24, 2.45) is 10.2 Å². The summed E-state index contributed by atoms with van der Waals surface area (Å²) in [5.74, 6) is -0.211. The van der Waals surface area contributed by atoms with E-state index in [-0.39, 0.29) is 5.76 Å². The summed E-state index contributed by atoms with van der Waals surface area (Å²) in [6.07, 6.45) is 1.28. The Hall–Kier alpha value is -1.19. The molecule has 0 radical (unpaired) electrons. The number of amides is 1. The van der Waals surface area contributed by atoms with E-state index < -0.39 is 5.91 Å². The largest absolute Gasteiger partial charge is 0.490 e. The highest BCUT2D eigenvalue weighted by molar-refractivity contribution is 5.93. The molecule has 0 unspecified atom stereocenters. The van der Waals surface area contributed by atoms with Crippen molar-refractivity contribution in [1.29, 1.82) is 0 Å². The van der Waals surface area contributed by atoms with Gasteiger partial charge in [0.25, 0.3) is 0 Å². The standard InChI is InChI=1S/C4H4N2O2/c1-8-3-2-5-6-4(3)7/h2H,1H3. The molecule has 0 fully saturated rings. The topological polar surface area (TPSA) is 51.0 Å². The molecule has 1 rings (SSSR count). The first-order chi connectivity index (χ1) is 3.84. The molecule has 4 heteroatoms. The fraction of sp³-hybridized carbons (Fsp3) is 0.250. The van der Waals surface area contributed by atoms with Crippen LogP contribution in [0.4, 0.5) is 0 Å². The summed E-state index contributed by atoms with van der Waals surface area (Å²) >= 11 is 0. The Morgan fingerprint density at radius 2 is 2.50 bits per heavy atom. The quantitative estimate of drug-likeness (QED) is 0.495. The van der Waals surface area contributed by atoms with E-state index >= 15 is 0 Å². The lowest BCUT2D eigenvalue weighted by Crippen LogP contribution is -1.94. The van der Waals surface area contributed by atoms with E-state index in [0.717, 1.165) is 0 Å². The molecule has 1 heterocycles. The van der Waals surface area contributed by atoms with E-state index in [9.17, 15) is 4.79 Å². The number of nitrogens with zero attached hydrogens (tertiary/aromatic N) is 2. The molecule has 0 saturated heterocycles. The van der Waals surface area contributed by atoms with Crippen LogP contribution in [0.15, 0.2) is 22.2 Å². The van der Waals surface area contributed by atoms with E-state index in [1.54, 1.807) is 0 Å². The van der Waals surface area contributed by atoms with Gasteiger partial charge in [-0.25, -0.2) is 0 Å². The zero-order chi connectivity index (χ0) is 5.98. The molecule has 1 aliphatic heterocycles. The molecular weight excluding hydrogens is 108 g/mol. The Labute approximate surface area is 45.9 Å². The second-order valence-electron chi connectivity index (χ2n) is 1.22. The third-order valence-corrected chi connectivity index (χ3v) is 0.754. The van der Waals surface area contributed by atoms with Crippen LogP contribution in [-0.2, 0) is 9.53 Å². The smallest absolute Gasteiger partial charge is 0.332 e. The van der Waals surface area contributed by atoms with Crippen molar-refractivity contribution >= 4 is 5.91 Å². The molecular formula is C4H4N2O2. The van der Waals surface area contributed by atoms with Gasteiger partial charge >= 0.3 is 5.91 Å². The maximum absolute atomic E-state index is 10.4. The van der Waals surface area contributed by atoms with Crippen LogP contribution in [0.1, 0.15) is 0 Å². The first kappa shape index (κ1) is 4.96. The molecule has 0 spiro atoms. The zero-order valence-corrected chi connectivity index (χ0v) is 4.29. The predicted molar refractivity (Wildman–Crippen MR) is 25.0 cm³/mol. The third kappa shape index (κ3) is 0.598. The molecule has 0 aromatic carbocycles. The fourth-order valence-corrected chi connectivity index (χ4v) is 0.378. The van der Waals surface area contributed by atoms with Gasteiger partial charge in [0.1, 0.15) is 0 Å². The summed E-state index contributed by atoms with van der Waals surface area (Å²) in [4.78, 5) is 10.4. The Balaban J connectivity index is 2.73. The molecule has 4 nitrogen and oxygen atoms in total. The Bertz CT molecular complexity index is 171. The Morgan fingerprint density at radius 3 is 2.75 bits per heavy atom. The monoisotopic (exact) mass is 112 g/mol. The molecule has 0 N–H and O–H groups in total. The van der Waals surface area contributed by atoms with Crippen LogP contribution in [-0.4, -0.2) is 13.0 Å².